The molecule has 0 atom stereocenters. The van der Waals surface area contributed by atoms with E-state index in [0.717, 1.165) is 38.8 Å². The molecule has 1 aromatic carbocycles. The number of benzene rings is 1. The van der Waals surface area contributed by atoms with Crippen LogP contribution in [0.25, 0.3) is 0 Å². The molecule has 0 aromatic heterocycles. The quantitative estimate of drug-likeness (QED) is 0.683. The van der Waals surface area contributed by atoms with Crippen LogP contribution in [0.3, 0.4) is 0 Å². The van der Waals surface area contributed by atoms with Gasteiger partial charge in [-0.1, -0.05) is 37.5 Å². The summed E-state index contributed by atoms with van der Waals surface area (Å²) >= 11 is 0. The number of nitrogens with two attached hydrogens (primary N) is 1. The first-order valence-corrected chi connectivity index (χ1v) is 9.38. The number of unbranched alkanes of at least 4 members (excludes halogenated alkanes) is 1. The average Bonchev–Trinajstić information content (AvgIpc) is 2.62. The van der Waals surface area contributed by atoms with Gasteiger partial charge in [-0.05, 0) is 49.8 Å². The smallest absolute Gasteiger partial charge is 0.220 e. The normalized spacial score (nSPS) is 16.6. The van der Waals surface area contributed by atoms with Crippen molar-refractivity contribution in [1.82, 2.24) is 5.32 Å². The standard InChI is InChI=1S/C20H33N3O/c1-23(18-10-4-2-5-11-18)15-9-8-14-22-19(24)16-20(17-21)12-6-3-7-13-20/h2,4-5,10-11H,3,6-9,12-17,21H2,1H3,(H,22,24). The fourth-order valence-electron chi connectivity index (χ4n) is 3.67. The average molecular weight is 332 g/mol. The van der Waals surface area contributed by atoms with Crippen LogP contribution in [0, 0.1) is 5.41 Å². The summed E-state index contributed by atoms with van der Waals surface area (Å²) in [6.45, 7) is 2.41. The molecule has 4 heteroatoms. The fourth-order valence-corrected chi connectivity index (χ4v) is 3.67. The van der Waals surface area contributed by atoms with Crippen LogP contribution in [0.1, 0.15) is 51.4 Å². The maximum atomic E-state index is 12.2. The minimum Gasteiger partial charge on any atom is -0.375 e. The van der Waals surface area contributed by atoms with Crippen molar-refractivity contribution in [3.63, 3.8) is 0 Å². The topological polar surface area (TPSA) is 58.4 Å². The number of carbonyl (C=O) groups excluding carboxylic acids is 1. The zero-order valence-electron chi connectivity index (χ0n) is 15.1. The van der Waals surface area contributed by atoms with Crippen molar-refractivity contribution in [1.29, 1.82) is 0 Å². The first kappa shape index (κ1) is 18.8. The summed E-state index contributed by atoms with van der Waals surface area (Å²) in [6, 6.07) is 10.4. The second-order valence-corrected chi connectivity index (χ2v) is 7.26. The highest BCUT2D eigenvalue weighted by Gasteiger charge is 2.32. The van der Waals surface area contributed by atoms with Gasteiger partial charge in [0.25, 0.3) is 0 Å². The van der Waals surface area contributed by atoms with Gasteiger partial charge in [-0.3, -0.25) is 4.79 Å². The van der Waals surface area contributed by atoms with E-state index >= 15 is 0 Å². The number of hydrogen-bond acceptors (Lipinski definition) is 3. The zero-order chi connectivity index (χ0) is 17.3. The first-order chi connectivity index (χ1) is 11.7. The van der Waals surface area contributed by atoms with Crippen LogP contribution in [-0.2, 0) is 4.79 Å². The third-order valence-electron chi connectivity index (χ3n) is 5.32. The Morgan fingerprint density at radius 2 is 1.88 bits per heavy atom. The molecule has 1 aromatic rings. The molecule has 0 heterocycles. The van der Waals surface area contributed by atoms with E-state index in [-0.39, 0.29) is 11.3 Å². The second-order valence-electron chi connectivity index (χ2n) is 7.26. The van der Waals surface area contributed by atoms with Gasteiger partial charge in [-0.2, -0.15) is 0 Å². The lowest BCUT2D eigenvalue weighted by Gasteiger charge is -2.35. The number of carbonyl (C=O) groups is 1. The molecular formula is C20H33N3O. The van der Waals surface area contributed by atoms with Crippen molar-refractivity contribution < 1.29 is 4.79 Å². The molecule has 2 rings (SSSR count). The molecule has 1 saturated carbocycles. The van der Waals surface area contributed by atoms with Crippen molar-refractivity contribution in [3.8, 4) is 0 Å². The van der Waals surface area contributed by atoms with Gasteiger partial charge in [0, 0.05) is 32.2 Å². The highest BCUT2D eigenvalue weighted by atomic mass is 16.1. The fraction of sp³-hybridized carbons (Fsp3) is 0.650. The minimum absolute atomic E-state index is 0.0653. The van der Waals surface area contributed by atoms with Crippen molar-refractivity contribution in [2.45, 2.75) is 51.4 Å². The summed E-state index contributed by atoms with van der Waals surface area (Å²) < 4.78 is 0. The zero-order valence-corrected chi connectivity index (χ0v) is 15.1. The van der Waals surface area contributed by atoms with Crippen LogP contribution in [0.2, 0.25) is 0 Å². The van der Waals surface area contributed by atoms with Gasteiger partial charge in [0.1, 0.15) is 0 Å². The van der Waals surface area contributed by atoms with E-state index in [1.54, 1.807) is 0 Å². The van der Waals surface area contributed by atoms with Crippen LogP contribution in [-0.4, -0.2) is 32.6 Å². The van der Waals surface area contributed by atoms with Gasteiger partial charge in [0.15, 0.2) is 0 Å². The van der Waals surface area contributed by atoms with E-state index in [9.17, 15) is 4.79 Å². The number of hydrogen-bond donors (Lipinski definition) is 2. The largest absolute Gasteiger partial charge is 0.375 e. The molecule has 1 amide bonds. The number of anilines is 1. The molecule has 1 aliphatic carbocycles. The van der Waals surface area contributed by atoms with E-state index in [0.29, 0.717) is 13.0 Å². The molecule has 0 radical (unpaired) electrons. The molecule has 4 nitrogen and oxygen atoms in total. The van der Waals surface area contributed by atoms with Gasteiger partial charge >= 0.3 is 0 Å². The summed E-state index contributed by atoms with van der Waals surface area (Å²) in [5.74, 6) is 0.179. The van der Waals surface area contributed by atoms with Crippen LogP contribution < -0.4 is 16.0 Å². The highest BCUT2D eigenvalue weighted by Crippen LogP contribution is 2.38. The molecule has 24 heavy (non-hydrogen) atoms. The lowest BCUT2D eigenvalue weighted by Crippen LogP contribution is -2.38. The SMILES string of the molecule is CN(CCCCNC(=O)CC1(CN)CCCCC1)c1ccccc1. The minimum atomic E-state index is 0.0653. The van der Waals surface area contributed by atoms with Gasteiger partial charge in [0.05, 0.1) is 0 Å². The Labute approximate surface area is 146 Å². The van der Waals surface area contributed by atoms with Crippen LogP contribution in [0.15, 0.2) is 30.3 Å². The Balaban J connectivity index is 1.61. The van der Waals surface area contributed by atoms with Crippen LogP contribution in [0.5, 0.6) is 0 Å². The van der Waals surface area contributed by atoms with Gasteiger partial charge in [0.2, 0.25) is 5.91 Å². The predicted octanol–water partition coefficient (Wildman–Crippen LogP) is 3.32. The van der Waals surface area contributed by atoms with Crippen LogP contribution in [0.4, 0.5) is 5.69 Å². The predicted molar refractivity (Wildman–Crippen MR) is 101 cm³/mol. The van der Waals surface area contributed by atoms with E-state index in [1.807, 2.05) is 6.07 Å². The summed E-state index contributed by atoms with van der Waals surface area (Å²) in [7, 11) is 2.11. The summed E-state index contributed by atoms with van der Waals surface area (Å²) in [5.41, 5.74) is 7.27. The summed E-state index contributed by atoms with van der Waals surface area (Å²) in [5, 5.41) is 3.09. The molecule has 3 N–H and O–H groups in total. The molecule has 1 fully saturated rings. The van der Waals surface area contributed by atoms with Crippen molar-refractivity contribution >= 4 is 11.6 Å². The maximum Gasteiger partial charge on any atom is 0.220 e. The van der Waals surface area contributed by atoms with E-state index in [2.05, 4.69) is 41.5 Å². The maximum absolute atomic E-state index is 12.2. The van der Waals surface area contributed by atoms with Crippen molar-refractivity contribution in [3.05, 3.63) is 30.3 Å². The van der Waals surface area contributed by atoms with Gasteiger partial charge in [-0.25, -0.2) is 0 Å². The Morgan fingerprint density at radius 3 is 2.54 bits per heavy atom. The first-order valence-electron chi connectivity index (χ1n) is 9.38. The number of nitrogens with zero attached hydrogens (tertiary/aromatic N) is 1. The molecule has 0 aliphatic heterocycles. The molecule has 0 unspecified atom stereocenters. The molecule has 0 spiro atoms. The lowest BCUT2D eigenvalue weighted by atomic mass is 9.71. The summed E-state index contributed by atoms with van der Waals surface area (Å²) in [6.07, 6.45) is 8.64. The molecule has 0 bridgehead atoms. The van der Waals surface area contributed by atoms with Gasteiger partial charge in [-0.15, -0.1) is 0 Å². The van der Waals surface area contributed by atoms with E-state index < -0.39 is 0 Å². The monoisotopic (exact) mass is 331 g/mol. The van der Waals surface area contributed by atoms with E-state index in [4.69, 9.17) is 5.73 Å². The molecule has 1 aliphatic rings. The van der Waals surface area contributed by atoms with Crippen LogP contribution >= 0.6 is 0 Å². The summed E-state index contributed by atoms with van der Waals surface area (Å²) in [4.78, 5) is 14.5. The van der Waals surface area contributed by atoms with Crippen molar-refractivity contribution in [2.24, 2.45) is 11.1 Å². The Bertz CT molecular complexity index is 483. The number of para-hydroxylation sites is 1. The Hall–Kier alpha value is -1.55. The van der Waals surface area contributed by atoms with E-state index in [1.165, 1.54) is 24.9 Å². The molecular weight excluding hydrogens is 298 g/mol. The Kier molecular flexibility index (Phi) is 7.57. The molecule has 0 saturated heterocycles. The number of amides is 1. The lowest BCUT2D eigenvalue weighted by molar-refractivity contribution is -0.123. The Morgan fingerprint density at radius 1 is 1.17 bits per heavy atom. The highest BCUT2D eigenvalue weighted by molar-refractivity contribution is 5.76. The second kappa shape index (κ2) is 9.67. The van der Waals surface area contributed by atoms with Gasteiger partial charge < -0.3 is 16.0 Å². The van der Waals surface area contributed by atoms with Crippen molar-refractivity contribution in [2.75, 3.05) is 31.6 Å². The number of nitrogens with one attached hydrogen (secondary N) is 1. The molecule has 134 valence electrons. The third kappa shape index (κ3) is 5.82. The number of rotatable bonds is 9. The third-order valence-corrected chi connectivity index (χ3v) is 5.32.